The van der Waals surface area contributed by atoms with E-state index in [1.807, 2.05) is 6.92 Å². The quantitative estimate of drug-likeness (QED) is 0.753. The Morgan fingerprint density at radius 3 is 2.40 bits per heavy atom. The number of aliphatic hydroxyl groups is 1. The lowest BCUT2D eigenvalue weighted by atomic mass is 10.0. The third-order valence-corrected chi connectivity index (χ3v) is 2.96. The van der Waals surface area contributed by atoms with E-state index < -0.39 is 23.6 Å². The normalized spacial score (nSPS) is 26.5. The highest BCUT2D eigenvalue weighted by molar-refractivity contribution is 5.24. The molecular formula is C11H11F3O. The Morgan fingerprint density at radius 2 is 1.87 bits per heavy atom. The van der Waals surface area contributed by atoms with Gasteiger partial charge in [-0.25, -0.2) is 13.2 Å². The van der Waals surface area contributed by atoms with Gasteiger partial charge >= 0.3 is 0 Å². The number of hydrogen-bond acceptors (Lipinski definition) is 1. The third-order valence-electron chi connectivity index (χ3n) is 2.96. The van der Waals surface area contributed by atoms with Crippen molar-refractivity contribution in [2.75, 3.05) is 0 Å². The van der Waals surface area contributed by atoms with Crippen LogP contribution in [0.15, 0.2) is 12.1 Å². The molecule has 3 unspecified atom stereocenters. The summed E-state index contributed by atoms with van der Waals surface area (Å²) in [6.07, 6.45) is -0.241. The van der Waals surface area contributed by atoms with Gasteiger partial charge in [0.25, 0.3) is 0 Å². The van der Waals surface area contributed by atoms with Crippen LogP contribution in [0.5, 0.6) is 0 Å². The van der Waals surface area contributed by atoms with Crippen LogP contribution in [0, 0.1) is 29.3 Å². The molecular weight excluding hydrogens is 205 g/mol. The predicted octanol–water partition coefficient (Wildman–Crippen LogP) is 2.79. The smallest absolute Gasteiger partial charge is 0.194 e. The molecule has 1 aliphatic carbocycles. The van der Waals surface area contributed by atoms with Gasteiger partial charge in [-0.05, 0) is 24.3 Å². The van der Waals surface area contributed by atoms with Crippen LogP contribution < -0.4 is 0 Å². The molecule has 0 bridgehead atoms. The second-order valence-corrected chi connectivity index (χ2v) is 4.09. The van der Waals surface area contributed by atoms with Crippen LogP contribution in [0.2, 0.25) is 0 Å². The van der Waals surface area contributed by atoms with Crippen molar-refractivity contribution in [3.63, 3.8) is 0 Å². The molecule has 1 aromatic rings. The molecule has 0 radical (unpaired) electrons. The highest BCUT2D eigenvalue weighted by Crippen LogP contribution is 2.47. The minimum Gasteiger partial charge on any atom is -0.388 e. The Labute approximate surface area is 85.5 Å². The Morgan fingerprint density at radius 1 is 1.27 bits per heavy atom. The molecule has 82 valence electrons. The van der Waals surface area contributed by atoms with Gasteiger partial charge in [0.2, 0.25) is 0 Å². The highest BCUT2D eigenvalue weighted by Gasteiger charge is 2.40. The van der Waals surface area contributed by atoms with E-state index in [2.05, 4.69) is 0 Å². The fourth-order valence-electron chi connectivity index (χ4n) is 1.79. The van der Waals surface area contributed by atoms with Gasteiger partial charge in [0.05, 0.1) is 6.10 Å². The molecule has 0 spiro atoms. The standard InChI is InChI=1S/C11H11F3O/c1-5-4-7(5)11(15)6-2-3-8(12)10(14)9(6)13/h2-3,5,7,11,15H,4H2,1H3. The molecule has 0 aromatic heterocycles. The van der Waals surface area contributed by atoms with Crippen molar-refractivity contribution in [2.45, 2.75) is 19.4 Å². The van der Waals surface area contributed by atoms with Crippen molar-refractivity contribution in [3.8, 4) is 0 Å². The van der Waals surface area contributed by atoms with Gasteiger partial charge in [0, 0.05) is 5.56 Å². The summed E-state index contributed by atoms with van der Waals surface area (Å²) >= 11 is 0. The number of hydrogen-bond donors (Lipinski definition) is 1. The number of aliphatic hydroxyl groups excluding tert-OH is 1. The first-order chi connectivity index (χ1) is 7.02. The van der Waals surface area contributed by atoms with Gasteiger partial charge in [-0.2, -0.15) is 0 Å². The summed E-state index contributed by atoms with van der Waals surface area (Å²) < 4.78 is 38.7. The molecule has 0 aliphatic heterocycles. The average Bonchev–Trinajstić information content (AvgIpc) is 2.91. The van der Waals surface area contributed by atoms with Crippen LogP contribution in [0.1, 0.15) is 25.0 Å². The van der Waals surface area contributed by atoms with E-state index in [-0.39, 0.29) is 11.5 Å². The van der Waals surface area contributed by atoms with E-state index in [9.17, 15) is 18.3 Å². The molecule has 4 heteroatoms. The molecule has 1 fully saturated rings. The second-order valence-electron chi connectivity index (χ2n) is 4.09. The lowest BCUT2D eigenvalue weighted by Gasteiger charge is -2.11. The number of rotatable bonds is 2. The average molecular weight is 216 g/mol. The summed E-state index contributed by atoms with van der Waals surface area (Å²) in [5.74, 6) is -3.74. The maximum atomic E-state index is 13.3. The summed E-state index contributed by atoms with van der Waals surface area (Å²) in [5, 5.41) is 9.70. The molecule has 0 amide bonds. The monoisotopic (exact) mass is 216 g/mol. The molecule has 0 saturated heterocycles. The second kappa shape index (κ2) is 3.52. The lowest BCUT2D eigenvalue weighted by Crippen LogP contribution is -2.06. The van der Waals surface area contributed by atoms with Gasteiger partial charge < -0.3 is 5.11 Å². The molecule has 1 nitrogen and oxygen atoms in total. The van der Waals surface area contributed by atoms with E-state index in [0.717, 1.165) is 18.6 Å². The fourth-order valence-corrected chi connectivity index (χ4v) is 1.79. The molecule has 3 atom stereocenters. The first kappa shape index (κ1) is 10.5. The summed E-state index contributed by atoms with van der Waals surface area (Å²) in [5.41, 5.74) is -0.150. The molecule has 1 N–H and O–H groups in total. The highest BCUT2D eigenvalue weighted by atomic mass is 19.2. The third kappa shape index (κ3) is 1.74. The SMILES string of the molecule is CC1CC1C(O)c1ccc(F)c(F)c1F. The molecule has 0 heterocycles. The van der Waals surface area contributed by atoms with Gasteiger partial charge in [-0.1, -0.05) is 13.0 Å². The Balaban J connectivity index is 2.32. The lowest BCUT2D eigenvalue weighted by molar-refractivity contribution is 0.142. The number of halogens is 3. The van der Waals surface area contributed by atoms with E-state index in [4.69, 9.17) is 0 Å². The van der Waals surface area contributed by atoms with Crippen molar-refractivity contribution in [3.05, 3.63) is 35.1 Å². The minimum atomic E-state index is -1.51. The van der Waals surface area contributed by atoms with Crippen molar-refractivity contribution in [1.29, 1.82) is 0 Å². The van der Waals surface area contributed by atoms with Gasteiger partial charge in [-0.3, -0.25) is 0 Å². The topological polar surface area (TPSA) is 20.2 Å². The fraction of sp³-hybridized carbons (Fsp3) is 0.455. The minimum absolute atomic E-state index is 0.0376. The largest absolute Gasteiger partial charge is 0.388 e. The first-order valence-electron chi connectivity index (χ1n) is 4.84. The van der Waals surface area contributed by atoms with Crippen molar-refractivity contribution in [1.82, 2.24) is 0 Å². The zero-order valence-corrected chi connectivity index (χ0v) is 8.17. The zero-order chi connectivity index (χ0) is 11.2. The Hall–Kier alpha value is -1.03. The van der Waals surface area contributed by atoms with Crippen LogP contribution >= 0.6 is 0 Å². The molecule has 1 aromatic carbocycles. The van der Waals surface area contributed by atoms with Crippen LogP contribution in [-0.2, 0) is 0 Å². The summed E-state index contributed by atoms with van der Waals surface area (Å²) in [6.45, 7) is 1.92. The molecule has 1 saturated carbocycles. The van der Waals surface area contributed by atoms with Crippen molar-refractivity contribution < 1.29 is 18.3 Å². The summed E-state index contributed by atoms with van der Waals surface area (Å²) in [7, 11) is 0. The van der Waals surface area contributed by atoms with E-state index in [1.54, 1.807) is 0 Å². The van der Waals surface area contributed by atoms with E-state index in [1.165, 1.54) is 0 Å². The van der Waals surface area contributed by atoms with Gasteiger partial charge in [-0.15, -0.1) is 0 Å². The van der Waals surface area contributed by atoms with Gasteiger partial charge in [0.1, 0.15) is 0 Å². The predicted molar refractivity (Wildman–Crippen MR) is 48.5 cm³/mol. The zero-order valence-electron chi connectivity index (χ0n) is 8.17. The van der Waals surface area contributed by atoms with Crippen LogP contribution in [-0.4, -0.2) is 5.11 Å². The Kier molecular flexibility index (Phi) is 2.46. The number of benzene rings is 1. The van der Waals surface area contributed by atoms with Crippen LogP contribution in [0.4, 0.5) is 13.2 Å². The van der Waals surface area contributed by atoms with Crippen LogP contribution in [0.25, 0.3) is 0 Å². The van der Waals surface area contributed by atoms with E-state index >= 15 is 0 Å². The van der Waals surface area contributed by atoms with Crippen molar-refractivity contribution in [2.24, 2.45) is 11.8 Å². The molecule has 2 rings (SSSR count). The first-order valence-corrected chi connectivity index (χ1v) is 4.84. The van der Waals surface area contributed by atoms with E-state index in [0.29, 0.717) is 5.92 Å². The summed E-state index contributed by atoms with van der Waals surface area (Å²) in [4.78, 5) is 0. The van der Waals surface area contributed by atoms with Crippen molar-refractivity contribution >= 4 is 0 Å². The summed E-state index contributed by atoms with van der Waals surface area (Å²) in [6, 6.07) is 1.94. The maximum absolute atomic E-state index is 13.3. The molecule has 15 heavy (non-hydrogen) atoms. The van der Waals surface area contributed by atoms with Gasteiger partial charge in [0.15, 0.2) is 17.5 Å². The van der Waals surface area contributed by atoms with Crippen LogP contribution in [0.3, 0.4) is 0 Å². The maximum Gasteiger partial charge on any atom is 0.194 e. The Bertz CT molecular complexity index is 392. The molecule has 1 aliphatic rings.